The summed E-state index contributed by atoms with van der Waals surface area (Å²) in [5, 5.41) is 6.04. The molecule has 1 amide bonds. The Labute approximate surface area is 186 Å². The summed E-state index contributed by atoms with van der Waals surface area (Å²) in [7, 11) is -1.81. The number of methoxy groups -OCH3 is 1. The lowest BCUT2D eigenvalue weighted by Crippen LogP contribution is -2.26. The van der Waals surface area contributed by atoms with Crippen molar-refractivity contribution in [2.24, 2.45) is 5.10 Å². The van der Waals surface area contributed by atoms with Crippen molar-refractivity contribution in [1.82, 2.24) is 5.01 Å². The van der Waals surface area contributed by atoms with Crippen LogP contribution >= 0.6 is 0 Å². The summed E-state index contributed by atoms with van der Waals surface area (Å²) in [5.74, 6) is 0.937. The van der Waals surface area contributed by atoms with Gasteiger partial charge < -0.3 is 9.15 Å². The summed E-state index contributed by atoms with van der Waals surface area (Å²) in [4.78, 5) is 13.3. The van der Waals surface area contributed by atoms with E-state index in [0.717, 1.165) is 5.56 Å². The Balaban J connectivity index is 1.64. The maximum absolute atomic E-state index is 13.3. The van der Waals surface area contributed by atoms with Crippen molar-refractivity contribution in [3.05, 3.63) is 83.8 Å². The van der Waals surface area contributed by atoms with Crippen molar-refractivity contribution < 1.29 is 22.4 Å². The first-order chi connectivity index (χ1) is 15.4. The van der Waals surface area contributed by atoms with Crippen LogP contribution < -0.4 is 9.46 Å². The lowest BCUT2D eigenvalue weighted by Gasteiger charge is -2.20. The van der Waals surface area contributed by atoms with Gasteiger partial charge in [-0.25, -0.2) is 13.4 Å². The molecular formula is C23H23N3O5S. The summed E-state index contributed by atoms with van der Waals surface area (Å²) < 4.78 is 36.9. The number of carbonyl (C=O) groups excluding carboxylic acids is 1. The molecule has 2 heterocycles. The van der Waals surface area contributed by atoms with Crippen molar-refractivity contribution in [2.75, 3.05) is 17.6 Å². The molecule has 1 atom stereocenters. The van der Waals surface area contributed by atoms with Gasteiger partial charge in [0.15, 0.2) is 0 Å². The molecule has 2 aromatic carbocycles. The summed E-state index contributed by atoms with van der Waals surface area (Å²) in [6.07, 6.45) is 2.03. The third-order valence-electron chi connectivity index (χ3n) is 5.18. The van der Waals surface area contributed by atoms with Gasteiger partial charge in [-0.2, -0.15) is 5.10 Å². The maximum Gasteiger partial charge on any atom is 0.274 e. The largest absolute Gasteiger partial charge is 0.497 e. The predicted molar refractivity (Wildman–Crippen MR) is 121 cm³/mol. The molecule has 0 saturated carbocycles. The molecule has 166 valence electrons. The Bertz CT molecular complexity index is 1230. The summed E-state index contributed by atoms with van der Waals surface area (Å²) in [5.41, 5.74) is 2.42. The van der Waals surface area contributed by atoms with Crippen molar-refractivity contribution in [2.45, 2.75) is 19.4 Å². The van der Waals surface area contributed by atoms with Gasteiger partial charge in [0.1, 0.15) is 17.6 Å². The summed E-state index contributed by atoms with van der Waals surface area (Å²) in [6.45, 7) is 1.58. The van der Waals surface area contributed by atoms with Gasteiger partial charge in [0, 0.05) is 17.7 Å². The number of nitrogens with zero attached hydrogens (tertiary/aromatic N) is 2. The van der Waals surface area contributed by atoms with E-state index in [9.17, 15) is 13.2 Å². The SMILES string of the molecule is CCS(=O)(=O)Nc1ccc(C2=NN(C(=O)c3cccc(OC)c3)[C@@H](c3ccco3)C2)cc1. The zero-order valence-electron chi connectivity index (χ0n) is 17.7. The van der Waals surface area contributed by atoms with Gasteiger partial charge >= 0.3 is 0 Å². The Morgan fingerprint density at radius 1 is 1.19 bits per heavy atom. The van der Waals surface area contributed by atoms with Crippen molar-refractivity contribution in [3.8, 4) is 5.75 Å². The van der Waals surface area contributed by atoms with Gasteiger partial charge in [0.05, 0.1) is 24.8 Å². The first-order valence-corrected chi connectivity index (χ1v) is 11.7. The Morgan fingerprint density at radius 3 is 2.62 bits per heavy atom. The molecule has 1 aliphatic rings. The molecule has 8 nitrogen and oxygen atoms in total. The predicted octanol–water partition coefficient (Wildman–Crippen LogP) is 4.04. The van der Waals surface area contributed by atoms with E-state index in [1.54, 1.807) is 74.9 Å². The molecule has 0 fully saturated rings. The highest BCUT2D eigenvalue weighted by Gasteiger charge is 2.35. The van der Waals surface area contributed by atoms with Gasteiger partial charge in [-0.15, -0.1) is 0 Å². The lowest BCUT2D eigenvalue weighted by molar-refractivity contribution is 0.0692. The van der Waals surface area contributed by atoms with Gasteiger partial charge in [-0.1, -0.05) is 18.2 Å². The maximum atomic E-state index is 13.3. The van der Waals surface area contributed by atoms with E-state index in [2.05, 4.69) is 9.82 Å². The first kappa shape index (κ1) is 21.6. The number of rotatable bonds is 7. The van der Waals surface area contributed by atoms with E-state index in [0.29, 0.717) is 34.9 Å². The van der Waals surface area contributed by atoms with Crippen molar-refractivity contribution >= 4 is 27.3 Å². The number of sulfonamides is 1. The molecule has 1 N–H and O–H groups in total. The van der Waals surface area contributed by atoms with Gasteiger partial charge in [-0.3, -0.25) is 9.52 Å². The number of nitrogens with one attached hydrogen (secondary N) is 1. The number of benzene rings is 2. The highest BCUT2D eigenvalue weighted by molar-refractivity contribution is 7.92. The van der Waals surface area contributed by atoms with Crippen LogP contribution in [0.5, 0.6) is 5.75 Å². The second kappa shape index (κ2) is 8.88. The smallest absolute Gasteiger partial charge is 0.274 e. The summed E-state index contributed by atoms with van der Waals surface area (Å²) >= 11 is 0. The third kappa shape index (κ3) is 4.52. The fourth-order valence-corrected chi connectivity index (χ4v) is 4.08. The highest BCUT2D eigenvalue weighted by atomic mass is 32.2. The van der Waals surface area contributed by atoms with Crippen molar-refractivity contribution in [1.29, 1.82) is 0 Å². The molecule has 0 saturated heterocycles. The van der Waals surface area contributed by atoms with Crippen LogP contribution in [0, 0.1) is 0 Å². The number of anilines is 1. The van der Waals surface area contributed by atoms with Gasteiger partial charge in [0.2, 0.25) is 10.0 Å². The minimum Gasteiger partial charge on any atom is -0.497 e. The van der Waals surface area contributed by atoms with Crippen LogP contribution in [0.15, 0.2) is 76.4 Å². The number of hydrazone groups is 1. The van der Waals surface area contributed by atoms with E-state index in [-0.39, 0.29) is 11.7 Å². The van der Waals surface area contributed by atoms with Crippen LogP contribution in [0.3, 0.4) is 0 Å². The van der Waals surface area contributed by atoms with Crippen LogP contribution in [-0.4, -0.2) is 37.9 Å². The minimum atomic E-state index is -3.36. The standard InChI is InChI=1S/C23H23N3O5S/c1-3-32(28,29)25-18-11-9-16(10-12-18)20-15-21(22-8-5-13-31-22)26(24-20)23(27)17-6-4-7-19(14-17)30-2/h4-14,21,25H,3,15H2,1-2H3/t21-/m1/s1. The number of hydrogen-bond donors (Lipinski definition) is 1. The average Bonchev–Trinajstić information content (AvgIpc) is 3.49. The first-order valence-electron chi connectivity index (χ1n) is 10.1. The van der Waals surface area contributed by atoms with E-state index in [1.807, 2.05) is 6.07 Å². The molecule has 1 aliphatic heterocycles. The lowest BCUT2D eigenvalue weighted by atomic mass is 10.0. The minimum absolute atomic E-state index is 0.00632. The topological polar surface area (TPSA) is 101 Å². The molecule has 3 aromatic rings. The number of ether oxygens (including phenoxy) is 1. The molecule has 0 spiro atoms. The third-order valence-corrected chi connectivity index (χ3v) is 6.49. The Hall–Kier alpha value is -3.59. The second-order valence-corrected chi connectivity index (χ2v) is 9.26. The highest BCUT2D eigenvalue weighted by Crippen LogP contribution is 2.34. The second-order valence-electron chi connectivity index (χ2n) is 7.25. The molecule has 0 aliphatic carbocycles. The van der Waals surface area contributed by atoms with E-state index in [4.69, 9.17) is 9.15 Å². The number of carbonyl (C=O) groups is 1. The Kier molecular flexibility index (Phi) is 6.00. The van der Waals surface area contributed by atoms with Crippen molar-refractivity contribution in [3.63, 3.8) is 0 Å². The summed E-state index contributed by atoms with van der Waals surface area (Å²) in [6, 6.07) is 17.0. The van der Waals surface area contributed by atoms with E-state index < -0.39 is 16.1 Å². The molecular weight excluding hydrogens is 430 g/mol. The van der Waals surface area contributed by atoms with E-state index in [1.165, 1.54) is 5.01 Å². The zero-order valence-corrected chi connectivity index (χ0v) is 18.5. The van der Waals surface area contributed by atoms with Crippen LogP contribution in [-0.2, 0) is 10.0 Å². The normalized spacial score (nSPS) is 16.0. The molecule has 32 heavy (non-hydrogen) atoms. The quantitative estimate of drug-likeness (QED) is 0.582. The number of furan rings is 1. The fraction of sp³-hybridized carbons (Fsp3) is 0.217. The molecule has 9 heteroatoms. The molecule has 4 rings (SSSR count). The number of hydrogen-bond acceptors (Lipinski definition) is 6. The average molecular weight is 454 g/mol. The molecule has 0 bridgehead atoms. The van der Waals surface area contributed by atoms with Crippen LogP contribution in [0.25, 0.3) is 0 Å². The zero-order chi connectivity index (χ0) is 22.7. The van der Waals surface area contributed by atoms with Crippen LogP contribution in [0.1, 0.15) is 41.1 Å². The molecule has 0 radical (unpaired) electrons. The van der Waals surface area contributed by atoms with Gasteiger partial charge in [0.25, 0.3) is 5.91 Å². The Morgan fingerprint density at radius 2 is 1.97 bits per heavy atom. The number of amides is 1. The van der Waals surface area contributed by atoms with Crippen LogP contribution in [0.4, 0.5) is 5.69 Å². The molecule has 0 unspecified atom stereocenters. The fourth-order valence-electron chi connectivity index (χ4n) is 3.45. The van der Waals surface area contributed by atoms with Crippen LogP contribution in [0.2, 0.25) is 0 Å². The monoisotopic (exact) mass is 453 g/mol. The molecule has 1 aromatic heterocycles. The van der Waals surface area contributed by atoms with Gasteiger partial charge in [-0.05, 0) is 55.0 Å². The van der Waals surface area contributed by atoms with E-state index >= 15 is 0 Å².